The van der Waals surface area contributed by atoms with E-state index >= 15 is 0 Å². The van der Waals surface area contributed by atoms with E-state index in [-0.39, 0.29) is 0 Å². The van der Waals surface area contributed by atoms with Crippen LogP contribution in [0.25, 0.3) is 0 Å². The van der Waals surface area contributed by atoms with E-state index in [0.717, 1.165) is 27.4 Å². The second kappa shape index (κ2) is 5.15. The van der Waals surface area contributed by atoms with Gasteiger partial charge in [0.05, 0.1) is 5.69 Å². The van der Waals surface area contributed by atoms with Gasteiger partial charge in [0, 0.05) is 11.2 Å². The molecule has 0 saturated heterocycles. The van der Waals surface area contributed by atoms with Crippen molar-refractivity contribution < 1.29 is 0 Å². The summed E-state index contributed by atoms with van der Waals surface area (Å²) < 4.78 is 0. The van der Waals surface area contributed by atoms with Crippen LogP contribution >= 0.6 is 11.6 Å². The predicted octanol–water partition coefficient (Wildman–Crippen LogP) is 4.71. The van der Waals surface area contributed by atoms with Crippen molar-refractivity contribution in [1.82, 2.24) is 0 Å². The minimum Gasteiger partial charge on any atom is -0.256 e. The van der Waals surface area contributed by atoms with Gasteiger partial charge in [-0.05, 0) is 42.7 Å². The molecule has 86 valence electrons. The maximum Gasteiger partial charge on any atom is 0.0662 e. The molecule has 0 radical (unpaired) electrons. The van der Waals surface area contributed by atoms with Gasteiger partial charge in [-0.2, -0.15) is 0 Å². The molecule has 2 aromatic carbocycles. The van der Waals surface area contributed by atoms with E-state index in [1.165, 1.54) is 0 Å². The molecule has 0 aromatic heterocycles. The van der Waals surface area contributed by atoms with Crippen LogP contribution in [0.2, 0.25) is 5.02 Å². The Labute approximate surface area is 107 Å². The van der Waals surface area contributed by atoms with Crippen molar-refractivity contribution in [2.45, 2.75) is 13.8 Å². The van der Waals surface area contributed by atoms with Crippen LogP contribution in [0.4, 0.5) is 5.69 Å². The fraction of sp³-hybridized carbons (Fsp3) is 0.133. The topological polar surface area (TPSA) is 12.4 Å². The molecule has 2 heteroatoms. The van der Waals surface area contributed by atoms with Gasteiger partial charge in [-0.1, -0.05) is 41.9 Å². The number of hydrogen-bond acceptors (Lipinski definition) is 1. The molecule has 0 spiro atoms. The lowest BCUT2D eigenvalue weighted by atomic mass is 10.1. The third-order valence-corrected chi connectivity index (χ3v) is 3.04. The van der Waals surface area contributed by atoms with Crippen LogP contribution < -0.4 is 0 Å². The van der Waals surface area contributed by atoms with Gasteiger partial charge < -0.3 is 0 Å². The Bertz CT molecular complexity index is 544. The second-order valence-corrected chi connectivity index (χ2v) is 4.46. The molecule has 0 bridgehead atoms. The molecular weight excluding hydrogens is 230 g/mol. The first-order chi connectivity index (χ1) is 8.16. The average Bonchev–Trinajstić information content (AvgIpc) is 2.33. The van der Waals surface area contributed by atoms with Crippen molar-refractivity contribution in [3.63, 3.8) is 0 Å². The van der Waals surface area contributed by atoms with Gasteiger partial charge in [0.1, 0.15) is 0 Å². The molecule has 0 heterocycles. The van der Waals surface area contributed by atoms with Gasteiger partial charge in [-0.15, -0.1) is 0 Å². The van der Waals surface area contributed by atoms with Gasteiger partial charge in [-0.3, -0.25) is 4.99 Å². The Morgan fingerprint density at radius 2 is 1.71 bits per heavy atom. The highest BCUT2D eigenvalue weighted by molar-refractivity contribution is 6.31. The summed E-state index contributed by atoms with van der Waals surface area (Å²) in [7, 11) is 0. The summed E-state index contributed by atoms with van der Waals surface area (Å²) in [4.78, 5) is 4.49. The van der Waals surface area contributed by atoms with Gasteiger partial charge in [0.25, 0.3) is 0 Å². The Morgan fingerprint density at radius 1 is 1.00 bits per heavy atom. The summed E-state index contributed by atoms with van der Waals surface area (Å²) in [5, 5.41) is 0.793. The Kier molecular flexibility index (Phi) is 3.60. The van der Waals surface area contributed by atoms with Crippen LogP contribution in [0.15, 0.2) is 47.5 Å². The van der Waals surface area contributed by atoms with Crippen molar-refractivity contribution in [3.8, 4) is 0 Å². The molecule has 0 saturated carbocycles. The minimum atomic E-state index is 0.793. The molecule has 0 N–H and O–H groups in total. The van der Waals surface area contributed by atoms with Crippen LogP contribution in [0.1, 0.15) is 16.7 Å². The minimum absolute atomic E-state index is 0.793. The van der Waals surface area contributed by atoms with E-state index in [1.54, 1.807) is 0 Å². The van der Waals surface area contributed by atoms with Gasteiger partial charge >= 0.3 is 0 Å². The first kappa shape index (κ1) is 11.9. The van der Waals surface area contributed by atoms with E-state index in [4.69, 9.17) is 11.6 Å². The number of aliphatic imine (C=N–C) groups is 1. The third-order valence-electron chi connectivity index (χ3n) is 2.63. The van der Waals surface area contributed by atoms with Gasteiger partial charge in [0.2, 0.25) is 0 Å². The molecular formula is C15H14ClN. The van der Waals surface area contributed by atoms with E-state index in [2.05, 4.69) is 4.99 Å². The maximum absolute atomic E-state index is 6.05. The number of halogens is 1. The highest BCUT2D eigenvalue weighted by atomic mass is 35.5. The highest BCUT2D eigenvalue weighted by Crippen LogP contribution is 2.26. The second-order valence-electron chi connectivity index (χ2n) is 4.06. The molecule has 1 nitrogen and oxygen atoms in total. The van der Waals surface area contributed by atoms with Crippen LogP contribution in [-0.4, -0.2) is 6.21 Å². The zero-order valence-corrected chi connectivity index (χ0v) is 10.7. The van der Waals surface area contributed by atoms with Crippen LogP contribution in [-0.2, 0) is 0 Å². The van der Waals surface area contributed by atoms with Gasteiger partial charge in [-0.25, -0.2) is 0 Å². The number of nitrogens with zero attached hydrogens (tertiary/aromatic N) is 1. The lowest BCUT2D eigenvalue weighted by Crippen LogP contribution is -1.82. The first-order valence-electron chi connectivity index (χ1n) is 5.52. The molecule has 0 aliphatic rings. The molecule has 2 rings (SSSR count). The van der Waals surface area contributed by atoms with E-state index in [9.17, 15) is 0 Å². The summed E-state index contributed by atoms with van der Waals surface area (Å²) in [5.74, 6) is 0. The monoisotopic (exact) mass is 243 g/mol. The number of hydrogen-bond donors (Lipinski definition) is 0. The predicted molar refractivity (Wildman–Crippen MR) is 74.6 cm³/mol. The number of benzene rings is 2. The van der Waals surface area contributed by atoms with Gasteiger partial charge in [0.15, 0.2) is 0 Å². The molecule has 0 unspecified atom stereocenters. The summed E-state index contributed by atoms with van der Waals surface area (Å²) in [6.07, 6.45) is 1.87. The fourth-order valence-electron chi connectivity index (χ4n) is 1.59. The van der Waals surface area contributed by atoms with E-state index in [0.29, 0.717) is 0 Å². The zero-order chi connectivity index (χ0) is 12.3. The first-order valence-corrected chi connectivity index (χ1v) is 5.90. The van der Waals surface area contributed by atoms with Crippen LogP contribution in [0.5, 0.6) is 0 Å². The Balaban J connectivity index is 2.31. The third kappa shape index (κ3) is 2.95. The Hall–Kier alpha value is -1.60. The fourth-order valence-corrected chi connectivity index (χ4v) is 1.81. The van der Waals surface area contributed by atoms with E-state index in [1.807, 2.05) is 62.5 Å². The molecule has 0 aliphatic carbocycles. The largest absolute Gasteiger partial charge is 0.256 e. The van der Waals surface area contributed by atoms with Crippen molar-refractivity contribution >= 4 is 23.5 Å². The molecule has 2 aromatic rings. The molecule has 0 atom stereocenters. The number of rotatable bonds is 2. The summed E-state index contributed by atoms with van der Waals surface area (Å²) in [6.45, 7) is 4.01. The molecule has 0 fully saturated rings. The molecule has 0 aliphatic heterocycles. The standard InChI is InChI=1S/C15H14ClN/c1-11-9-15(12(2)8-14(11)16)17-10-13-6-4-3-5-7-13/h3-10H,1-2H3. The van der Waals surface area contributed by atoms with Crippen molar-refractivity contribution in [1.29, 1.82) is 0 Å². The molecule has 17 heavy (non-hydrogen) atoms. The zero-order valence-electron chi connectivity index (χ0n) is 9.94. The molecule has 0 amide bonds. The van der Waals surface area contributed by atoms with Crippen molar-refractivity contribution in [3.05, 3.63) is 64.2 Å². The van der Waals surface area contributed by atoms with Crippen LogP contribution in [0.3, 0.4) is 0 Å². The average molecular weight is 244 g/mol. The smallest absolute Gasteiger partial charge is 0.0662 e. The number of aryl methyl sites for hydroxylation is 2. The normalized spacial score (nSPS) is 11.0. The van der Waals surface area contributed by atoms with Crippen LogP contribution in [0, 0.1) is 13.8 Å². The lowest BCUT2D eigenvalue weighted by Gasteiger charge is -2.04. The lowest BCUT2D eigenvalue weighted by molar-refractivity contribution is 1.35. The van der Waals surface area contributed by atoms with E-state index < -0.39 is 0 Å². The SMILES string of the molecule is Cc1cc(N=Cc2ccccc2)c(C)cc1Cl. The highest BCUT2D eigenvalue weighted by Gasteiger charge is 2.00. The van der Waals surface area contributed by atoms with Crippen molar-refractivity contribution in [2.75, 3.05) is 0 Å². The quantitative estimate of drug-likeness (QED) is 0.678. The maximum atomic E-state index is 6.05. The summed E-state index contributed by atoms with van der Waals surface area (Å²) in [5.41, 5.74) is 4.21. The van der Waals surface area contributed by atoms with Crippen molar-refractivity contribution in [2.24, 2.45) is 4.99 Å². The Morgan fingerprint density at radius 3 is 2.41 bits per heavy atom. The summed E-state index contributed by atoms with van der Waals surface area (Å²) in [6, 6.07) is 14.0. The summed E-state index contributed by atoms with van der Waals surface area (Å²) >= 11 is 6.05.